The molecule has 3 aromatic rings. The first-order valence-corrected chi connectivity index (χ1v) is 10.0. The van der Waals surface area contributed by atoms with Gasteiger partial charge in [0, 0.05) is 17.1 Å². The van der Waals surface area contributed by atoms with E-state index in [1.165, 1.54) is 16.2 Å². The van der Waals surface area contributed by atoms with Gasteiger partial charge in [-0.1, -0.05) is 54.1 Å². The number of hydrogen-bond donors (Lipinski definition) is 1. The fraction of sp³-hybridized carbons (Fsp3) is 0.130. The fourth-order valence-electron chi connectivity index (χ4n) is 3.21. The van der Waals surface area contributed by atoms with Crippen LogP contribution < -0.4 is 5.32 Å². The highest BCUT2D eigenvalue weighted by molar-refractivity contribution is 7.11. The van der Waals surface area contributed by atoms with E-state index in [1.807, 2.05) is 79.0 Å². The first-order chi connectivity index (χ1) is 13.6. The highest BCUT2D eigenvalue weighted by atomic mass is 32.1. The van der Waals surface area contributed by atoms with Gasteiger partial charge in [0.1, 0.15) is 5.70 Å². The normalized spacial score (nSPS) is 14.1. The number of thiophene rings is 1. The summed E-state index contributed by atoms with van der Waals surface area (Å²) < 4.78 is 0. The topological polar surface area (TPSA) is 49.4 Å². The van der Waals surface area contributed by atoms with Crippen LogP contribution in [0.2, 0.25) is 0 Å². The molecule has 0 saturated carbocycles. The van der Waals surface area contributed by atoms with E-state index in [0.29, 0.717) is 24.2 Å². The number of nitrogens with one attached hydrogen (secondary N) is 1. The molecule has 0 aliphatic carbocycles. The molecular weight excluding hydrogens is 368 g/mol. The number of aryl methyl sites for hydroxylation is 1. The molecule has 4 rings (SSSR count). The average molecular weight is 388 g/mol. The Morgan fingerprint density at radius 1 is 0.893 bits per heavy atom. The Balaban J connectivity index is 1.62. The van der Waals surface area contributed by atoms with Crippen molar-refractivity contribution >= 4 is 34.4 Å². The standard InChI is InChI=1S/C23H20N2O2S/c1-16-9-11-18(12-10-16)24-21-20(19-8-5-15-28-19)22(26)25(23(21)27)14-13-17-6-3-2-4-7-17/h2-12,15,24H,13-14H2,1H3. The first-order valence-electron chi connectivity index (χ1n) is 9.15. The van der Waals surface area contributed by atoms with Crippen molar-refractivity contribution in [3.63, 3.8) is 0 Å². The Kier molecular flexibility index (Phi) is 5.08. The van der Waals surface area contributed by atoms with Gasteiger partial charge in [0.2, 0.25) is 0 Å². The largest absolute Gasteiger partial charge is 0.350 e. The number of amides is 2. The van der Waals surface area contributed by atoms with E-state index in [-0.39, 0.29) is 11.8 Å². The fourth-order valence-corrected chi connectivity index (χ4v) is 3.98. The van der Waals surface area contributed by atoms with Crippen molar-refractivity contribution in [2.45, 2.75) is 13.3 Å². The molecule has 1 N–H and O–H groups in total. The quantitative estimate of drug-likeness (QED) is 0.633. The van der Waals surface area contributed by atoms with Gasteiger partial charge in [-0.25, -0.2) is 0 Å². The smallest absolute Gasteiger partial charge is 0.278 e. The number of hydrogen-bond acceptors (Lipinski definition) is 4. The maximum absolute atomic E-state index is 13.1. The third-order valence-electron chi connectivity index (χ3n) is 4.72. The summed E-state index contributed by atoms with van der Waals surface area (Å²) in [6.07, 6.45) is 0.633. The second kappa shape index (κ2) is 7.82. The molecule has 0 saturated heterocycles. The lowest BCUT2D eigenvalue weighted by Gasteiger charge is -2.15. The van der Waals surface area contributed by atoms with Crippen LogP contribution in [0.1, 0.15) is 16.0 Å². The molecule has 140 valence electrons. The highest BCUT2D eigenvalue weighted by Gasteiger charge is 2.39. The molecule has 0 atom stereocenters. The van der Waals surface area contributed by atoms with E-state index in [9.17, 15) is 9.59 Å². The van der Waals surface area contributed by atoms with E-state index in [4.69, 9.17) is 0 Å². The van der Waals surface area contributed by atoms with Crippen LogP contribution in [-0.4, -0.2) is 23.3 Å². The molecule has 2 aromatic carbocycles. The van der Waals surface area contributed by atoms with E-state index in [0.717, 1.165) is 21.7 Å². The lowest BCUT2D eigenvalue weighted by Crippen LogP contribution is -2.34. The van der Waals surface area contributed by atoms with E-state index in [1.54, 1.807) is 0 Å². The molecule has 0 bridgehead atoms. The summed E-state index contributed by atoms with van der Waals surface area (Å²) in [5, 5.41) is 5.10. The Morgan fingerprint density at radius 3 is 2.32 bits per heavy atom. The van der Waals surface area contributed by atoms with E-state index < -0.39 is 0 Å². The second-order valence-corrected chi connectivity index (χ2v) is 7.66. The minimum Gasteiger partial charge on any atom is -0.350 e. The zero-order chi connectivity index (χ0) is 19.5. The van der Waals surface area contributed by atoms with E-state index in [2.05, 4.69) is 5.32 Å². The molecule has 1 aliphatic heterocycles. The SMILES string of the molecule is Cc1ccc(NC2=C(c3cccs3)C(=O)N(CCc3ccccc3)C2=O)cc1. The predicted octanol–water partition coefficient (Wildman–Crippen LogP) is 4.49. The van der Waals surface area contributed by atoms with Gasteiger partial charge in [0.25, 0.3) is 11.8 Å². The van der Waals surface area contributed by atoms with Crippen LogP contribution in [0.5, 0.6) is 0 Å². The van der Waals surface area contributed by atoms with Gasteiger partial charge in [0.05, 0.1) is 5.57 Å². The molecule has 1 aliphatic rings. The Labute approximate surface area is 168 Å². The number of rotatable bonds is 6. The molecule has 5 heteroatoms. The summed E-state index contributed by atoms with van der Waals surface area (Å²) in [7, 11) is 0. The van der Waals surface area contributed by atoms with Crippen LogP contribution >= 0.6 is 11.3 Å². The van der Waals surface area contributed by atoms with Crippen LogP contribution in [0.15, 0.2) is 77.8 Å². The second-order valence-electron chi connectivity index (χ2n) is 6.72. The van der Waals surface area contributed by atoms with Crippen molar-refractivity contribution in [3.8, 4) is 0 Å². The minimum absolute atomic E-state index is 0.238. The zero-order valence-electron chi connectivity index (χ0n) is 15.5. The molecular formula is C23H20N2O2S. The van der Waals surface area contributed by atoms with Crippen molar-refractivity contribution in [1.82, 2.24) is 4.90 Å². The Hall–Kier alpha value is -3.18. The summed E-state index contributed by atoms with van der Waals surface area (Å²) >= 11 is 1.46. The molecule has 0 spiro atoms. The summed E-state index contributed by atoms with van der Waals surface area (Å²) in [6.45, 7) is 2.37. The molecule has 1 aromatic heterocycles. The number of anilines is 1. The van der Waals surface area contributed by atoms with Gasteiger partial charge in [0.15, 0.2) is 0 Å². The molecule has 28 heavy (non-hydrogen) atoms. The van der Waals surface area contributed by atoms with Crippen LogP contribution in [0.4, 0.5) is 5.69 Å². The third kappa shape index (κ3) is 3.62. The number of benzene rings is 2. The van der Waals surface area contributed by atoms with Crippen molar-refractivity contribution in [2.24, 2.45) is 0 Å². The summed E-state index contributed by atoms with van der Waals surface area (Å²) in [5.41, 5.74) is 3.83. The first kappa shape index (κ1) is 18.2. The van der Waals surface area contributed by atoms with Crippen molar-refractivity contribution in [3.05, 3.63) is 93.8 Å². The Morgan fingerprint density at radius 2 is 1.64 bits per heavy atom. The predicted molar refractivity (Wildman–Crippen MR) is 113 cm³/mol. The summed E-state index contributed by atoms with van der Waals surface area (Å²) in [5.74, 6) is -0.511. The maximum atomic E-state index is 13.1. The lowest BCUT2D eigenvalue weighted by molar-refractivity contribution is -0.136. The van der Waals surface area contributed by atoms with Gasteiger partial charge in [-0.05, 0) is 42.5 Å². The van der Waals surface area contributed by atoms with Gasteiger partial charge < -0.3 is 5.32 Å². The summed E-state index contributed by atoms with van der Waals surface area (Å²) in [4.78, 5) is 28.4. The number of imide groups is 1. The minimum atomic E-state index is -0.273. The van der Waals surface area contributed by atoms with Crippen molar-refractivity contribution in [2.75, 3.05) is 11.9 Å². The third-order valence-corrected chi connectivity index (χ3v) is 5.61. The summed E-state index contributed by atoms with van der Waals surface area (Å²) in [6, 6.07) is 21.4. The molecule has 0 radical (unpaired) electrons. The molecule has 0 unspecified atom stereocenters. The molecule has 0 fully saturated rings. The monoisotopic (exact) mass is 388 g/mol. The zero-order valence-corrected chi connectivity index (χ0v) is 16.3. The average Bonchev–Trinajstić information content (AvgIpc) is 3.31. The number of nitrogens with zero attached hydrogens (tertiary/aromatic N) is 1. The van der Waals surface area contributed by atoms with Crippen LogP contribution in [0, 0.1) is 6.92 Å². The molecule has 4 nitrogen and oxygen atoms in total. The van der Waals surface area contributed by atoms with Crippen LogP contribution in [0.3, 0.4) is 0 Å². The van der Waals surface area contributed by atoms with E-state index >= 15 is 0 Å². The van der Waals surface area contributed by atoms with Gasteiger partial charge >= 0.3 is 0 Å². The molecule has 2 heterocycles. The highest BCUT2D eigenvalue weighted by Crippen LogP contribution is 2.33. The number of carbonyl (C=O) groups is 2. The molecule has 2 amide bonds. The van der Waals surface area contributed by atoms with Crippen molar-refractivity contribution < 1.29 is 9.59 Å². The van der Waals surface area contributed by atoms with Gasteiger partial charge in [-0.3, -0.25) is 14.5 Å². The maximum Gasteiger partial charge on any atom is 0.278 e. The number of carbonyl (C=O) groups excluding carboxylic acids is 2. The van der Waals surface area contributed by atoms with Crippen LogP contribution in [-0.2, 0) is 16.0 Å². The lowest BCUT2D eigenvalue weighted by atomic mass is 10.1. The van der Waals surface area contributed by atoms with Gasteiger partial charge in [-0.15, -0.1) is 11.3 Å². The van der Waals surface area contributed by atoms with Gasteiger partial charge in [-0.2, -0.15) is 0 Å². The Bertz CT molecular complexity index is 1020. The van der Waals surface area contributed by atoms with Crippen molar-refractivity contribution in [1.29, 1.82) is 0 Å². The van der Waals surface area contributed by atoms with Crippen LogP contribution in [0.25, 0.3) is 5.57 Å².